The molecule has 0 unspecified atom stereocenters. The van der Waals surface area contributed by atoms with Crippen LogP contribution in [0.3, 0.4) is 0 Å². The molecule has 1 aromatic heterocycles. The van der Waals surface area contributed by atoms with Gasteiger partial charge in [-0.15, -0.1) is 0 Å². The van der Waals surface area contributed by atoms with Crippen molar-refractivity contribution in [1.82, 2.24) is 25.1 Å². The van der Waals surface area contributed by atoms with Gasteiger partial charge < -0.3 is 10.2 Å². The molecule has 1 fully saturated rings. The highest BCUT2D eigenvalue weighted by Crippen LogP contribution is 2.16. The Morgan fingerprint density at radius 1 is 1.04 bits per heavy atom. The summed E-state index contributed by atoms with van der Waals surface area (Å²) in [6.07, 6.45) is 1.65. The van der Waals surface area contributed by atoms with Crippen molar-refractivity contribution < 1.29 is 4.79 Å². The summed E-state index contributed by atoms with van der Waals surface area (Å²) >= 11 is 0. The van der Waals surface area contributed by atoms with Gasteiger partial charge in [0, 0.05) is 26.1 Å². The molecule has 0 spiro atoms. The van der Waals surface area contributed by atoms with Gasteiger partial charge in [0.1, 0.15) is 0 Å². The Balaban J connectivity index is 1.39. The number of hydrogen-bond donors (Lipinski definition) is 1. The SMILES string of the molecule is Cc1ccc(-n2nnnc2NCc2ccc(CN3CCCC3=O)cc2)cc1. The Kier molecular flexibility index (Phi) is 4.82. The molecule has 1 aliphatic rings. The zero-order valence-electron chi connectivity index (χ0n) is 15.3. The highest BCUT2D eigenvalue weighted by molar-refractivity contribution is 5.78. The highest BCUT2D eigenvalue weighted by Gasteiger charge is 2.19. The minimum absolute atomic E-state index is 0.253. The van der Waals surface area contributed by atoms with Crippen LogP contribution in [0.2, 0.25) is 0 Å². The lowest BCUT2D eigenvalue weighted by Crippen LogP contribution is -2.23. The summed E-state index contributed by atoms with van der Waals surface area (Å²) in [4.78, 5) is 13.7. The molecule has 1 N–H and O–H groups in total. The zero-order chi connectivity index (χ0) is 18.6. The molecule has 138 valence electrons. The van der Waals surface area contributed by atoms with Crippen LogP contribution in [0.25, 0.3) is 5.69 Å². The Hall–Kier alpha value is -3.22. The van der Waals surface area contributed by atoms with Crippen molar-refractivity contribution in [3.63, 3.8) is 0 Å². The fourth-order valence-electron chi connectivity index (χ4n) is 3.19. The molecule has 0 radical (unpaired) electrons. The molecule has 2 aromatic carbocycles. The number of rotatable bonds is 6. The second-order valence-corrected chi connectivity index (χ2v) is 6.84. The third kappa shape index (κ3) is 3.97. The van der Waals surface area contributed by atoms with Gasteiger partial charge in [0.2, 0.25) is 11.9 Å². The van der Waals surface area contributed by atoms with Crippen molar-refractivity contribution in [1.29, 1.82) is 0 Å². The van der Waals surface area contributed by atoms with E-state index in [4.69, 9.17) is 0 Å². The lowest BCUT2D eigenvalue weighted by molar-refractivity contribution is -0.128. The third-order valence-corrected chi connectivity index (χ3v) is 4.77. The smallest absolute Gasteiger partial charge is 0.248 e. The van der Waals surface area contributed by atoms with Crippen molar-refractivity contribution in [3.8, 4) is 5.69 Å². The molecule has 2 heterocycles. The number of likely N-dealkylation sites (tertiary alicyclic amines) is 1. The van der Waals surface area contributed by atoms with E-state index in [2.05, 4.69) is 45.1 Å². The van der Waals surface area contributed by atoms with E-state index < -0.39 is 0 Å². The van der Waals surface area contributed by atoms with E-state index in [1.807, 2.05) is 36.1 Å². The van der Waals surface area contributed by atoms with Crippen LogP contribution in [0.15, 0.2) is 48.5 Å². The predicted octanol–water partition coefficient (Wildman–Crippen LogP) is 2.71. The predicted molar refractivity (Wildman–Crippen MR) is 102 cm³/mol. The average molecular weight is 362 g/mol. The summed E-state index contributed by atoms with van der Waals surface area (Å²) in [6.45, 7) is 4.23. The highest BCUT2D eigenvalue weighted by atomic mass is 16.2. The van der Waals surface area contributed by atoms with E-state index in [-0.39, 0.29) is 5.91 Å². The van der Waals surface area contributed by atoms with E-state index in [0.717, 1.165) is 29.8 Å². The monoisotopic (exact) mass is 362 g/mol. The molecule has 0 aliphatic carbocycles. The van der Waals surface area contributed by atoms with Gasteiger partial charge in [-0.2, -0.15) is 4.68 Å². The average Bonchev–Trinajstić information content (AvgIpc) is 3.31. The third-order valence-electron chi connectivity index (χ3n) is 4.77. The van der Waals surface area contributed by atoms with Crippen LogP contribution < -0.4 is 5.32 Å². The number of benzene rings is 2. The van der Waals surface area contributed by atoms with Gasteiger partial charge in [-0.3, -0.25) is 4.79 Å². The summed E-state index contributed by atoms with van der Waals surface area (Å²) in [6, 6.07) is 16.3. The van der Waals surface area contributed by atoms with Crippen molar-refractivity contribution in [2.45, 2.75) is 32.9 Å². The molecule has 1 amide bonds. The molecule has 27 heavy (non-hydrogen) atoms. The first-order chi connectivity index (χ1) is 13.2. The fraction of sp³-hybridized carbons (Fsp3) is 0.300. The largest absolute Gasteiger partial charge is 0.349 e. The van der Waals surface area contributed by atoms with Crippen LogP contribution in [0.4, 0.5) is 5.95 Å². The van der Waals surface area contributed by atoms with Crippen LogP contribution in [0.5, 0.6) is 0 Å². The number of aryl methyl sites for hydroxylation is 1. The van der Waals surface area contributed by atoms with Crippen LogP contribution in [0, 0.1) is 6.92 Å². The number of nitrogens with zero attached hydrogens (tertiary/aromatic N) is 5. The van der Waals surface area contributed by atoms with Crippen LogP contribution in [-0.2, 0) is 17.9 Å². The number of aromatic nitrogens is 4. The van der Waals surface area contributed by atoms with E-state index in [1.54, 1.807) is 4.68 Å². The fourth-order valence-corrected chi connectivity index (χ4v) is 3.19. The van der Waals surface area contributed by atoms with Crippen molar-refractivity contribution in [2.75, 3.05) is 11.9 Å². The van der Waals surface area contributed by atoms with Gasteiger partial charge in [-0.05, 0) is 47.0 Å². The molecule has 0 atom stereocenters. The molecule has 1 saturated heterocycles. The molecule has 7 nitrogen and oxygen atoms in total. The number of carbonyl (C=O) groups excluding carboxylic acids is 1. The van der Waals surface area contributed by atoms with Gasteiger partial charge in [0.25, 0.3) is 0 Å². The quantitative estimate of drug-likeness (QED) is 0.730. The first kappa shape index (κ1) is 17.2. The Labute approximate surface area is 158 Å². The van der Waals surface area contributed by atoms with Crippen molar-refractivity contribution in [3.05, 3.63) is 65.2 Å². The van der Waals surface area contributed by atoms with Crippen LogP contribution in [0.1, 0.15) is 29.5 Å². The number of tetrazole rings is 1. The number of hydrogen-bond acceptors (Lipinski definition) is 5. The maximum absolute atomic E-state index is 11.7. The summed E-state index contributed by atoms with van der Waals surface area (Å²) in [5, 5.41) is 15.2. The van der Waals surface area contributed by atoms with E-state index >= 15 is 0 Å². The van der Waals surface area contributed by atoms with E-state index in [1.165, 1.54) is 5.56 Å². The summed E-state index contributed by atoms with van der Waals surface area (Å²) < 4.78 is 1.69. The Morgan fingerprint density at radius 3 is 2.48 bits per heavy atom. The van der Waals surface area contributed by atoms with Crippen LogP contribution >= 0.6 is 0 Å². The normalized spacial score (nSPS) is 14.0. The Bertz CT molecular complexity index is 916. The zero-order valence-corrected chi connectivity index (χ0v) is 15.3. The van der Waals surface area contributed by atoms with Gasteiger partial charge in [-0.1, -0.05) is 47.1 Å². The lowest BCUT2D eigenvalue weighted by atomic mass is 10.1. The maximum Gasteiger partial charge on any atom is 0.248 e. The van der Waals surface area contributed by atoms with Gasteiger partial charge >= 0.3 is 0 Å². The summed E-state index contributed by atoms with van der Waals surface area (Å²) in [5.41, 5.74) is 4.39. The Morgan fingerprint density at radius 2 is 1.78 bits per heavy atom. The van der Waals surface area contributed by atoms with Gasteiger partial charge in [0.05, 0.1) is 5.69 Å². The van der Waals surface area contributed by atoms with Crippen LogP contribution in [-0.4, -0.2) is 37.6 Å². The van der Waals surface area contributed by atoms with Crippen molar-refractivity contribution >= 4 is 11.9 Å². The molecule has 3 aromatic rings. The van der Waals surface area contributed by atoms with E-state index in [0.29, 0.717) is 25.5 Å². The van der Waals surface area contributed by atoms with Gasteiger partial charge in [-0.25, -0.2) is 0 Å². The molecular weight excluding hydrogens is 340 g/mol. The number of nitrogens with one attached hydrogen (secondary N) is 1. The standard InChI is InChI=1S/C20H22N6O/c1-15-4-10-18(11-5-15)26-20(22-23-24-26)21-13-16-6-8-17(9-7-16)14-25-12-2-3-19(25)27/h4-11H,2-3,12-14H2,1H3,(H,21,22,24). The summed E-state index contributed by atoms with van der Waals surface area (Å²) in [7, 11) is 0. The first-order valence-corrected chi connectivity index (χ1v) is 9.14. The molecular formula is C20H22N6O. The van der Waals surface area contributed by atoms with Crippen molar-refractivity contribution in [2.24, 2.45) is 0 Å². The number of carbonyl (C=O) groups is 1. The first-order valence-electron chi connectivity index (χ1n) is 9.14. The lowest BCUT2D eigenvalue weighted by Gasteiger charge is -2.15. The number of anilines is 1. The summed E-state index contributed by atoms with van der Waals surface area (Å²) in [5.74, 6) is 0.856. The molecule has 0 saturated carbocycles. The van der Waals surface area contributed by atoms with E-state index in [9.17, 15) is 4.79 Å². The molecule has 0 bridgehead atoms. The topological polar surface area (TPSA) is 75.9 Å². The van der Waals surface area contributed by atoms with Gasteiger partial charge in [0.15, 0.2) is 0 Å². The minimum Gasteiger partial charge on any atom is -0.349 e. The molecule has 7 heteroatoms. The minimum atomic E-state index is 0.253. The maximum atomic E-state index is 11.7. The molecule has 4 rings (SSSR count). The second kappa shape index (κ2) is 7.57. The molecule has 1 aliphatic heterocycles. The number of amides is 1. The second-order valence-electron chi connectivity index (χ2n) is 6.84.